The Kier molecular flexibility index (Phi) is 6.64. The molecule has 2 aromatic carbocycles. The number of hydrogen-bond donors (Lipinski definition) is 1. The summed E-state index contributed by atoms with van der Waals surface area (Å²) < 4.78 is 6.52. The van der Waals surface area contributed by atoms with E-state index in [2.05, 4.69) is 10.5 Å². The van der Waals surface area contributed by atoms with Gasteiger partial charge in [0.05, 0.1) is 19.0 Å². The monoisotopic (exact) mass is 404 g/mol. The van der Waals surface area contributed by atoms with E-state index < -0.39 is 5.97 Å². The maximum atomic E-state index is 13.2. The molecule has 7 heteroatoms. The molecule has 3 aromatic rings. The molecule has 7 nitrogen and oxygen atoms in total. The smallest absolute Gasteiger partial charge is 0.327 e. The van der Waals surface area contributed by atoms with Crippen LogP contribution in [0.3, 0.4) is 0 Å². The van der Waals surface area contributed by atoms with E-state index in [1.165, 1.54) is 12.1 Å². The molecule has 0 atom stereocenters. The number of amides is 1. The van der Waals surface area contributed by atoms with Crippen molar-refractivity contribution in [3.8, 4) is 0 Å². The summed E-state index contributed by atoms with van der Waals surface area (Å²) in [4.78, 5) is 25.2. The predicted molar refractivity (Wildman–Crippen MR) is 117 cm³/mol. The number of nitrogens with one attached hydrogen (secondary N) is 1. The number of rotatable bonds is 7. The van der Waals surface area contributed by atoms with Gasteiger partial charge in [-0.15, -0.1) is 0 Å². The van der Waals surface area contributed by atoms with Gasteiger partial charge in [0.1, 0.15) is 6.54 Å². The van der Waals surface area contributed by atoms with E-state index in [4.69, 9.17) is 4.74 Å². The van der Waals surface area contributed by atoms with Crippen molar-refractivity contribution in [2.45, 2.75) is 13.8 Å². The molecule has 1 heterocycles. The Morgan fingerprint density at radius 3 is 2.33 bits per heavy atom. The first-order chi connectivity index (χ1) is 14.5. The summed E-state index contributed by atoms with van der Waals surface area (Å²) in [6.07, 6.45) is 1.69. The van der Waals surface area contributed by atoms with E-state index in [-0.39, 0.29) is 12.5 Å². The van der Waals surface area contributed by atoms with Crippen molar-refractivity contribution in [1.82, 2.24) is 4.68 Å². The summed E-state index contributed by atoms with van der Waals surface area (Å²) >= 11 is 0. The summed E-state index contributed by atoms with van der Waals surface area (Å²) in [7, 11) is 1.30. The second-order valence-electron chi connectivity index (χ2n) is 6.68. The Hall–Kier alpha value is -3.87. The van der Waals surface area contributed by atoms with Crippen molar-refractivity contribution in [2.24, 2.45) is 5.10 Å². The highest BCUT2D eigenvalue weighted by Gasteiger charge is 2.24. The number of carbonyl (C=O) groups is 2. The van der Waals surface area contributed by atoms with Gasteiger partial charge in [0, 0.05) is 22.5 Å². The predicted octanol–water partition coefficient (Wildman–Crippen LogP) is 3.50. The highest BCUT2D eigenvalue weighted by atomic mass is 16.5. The third-order valence-electron chi connectivity index (χ3n) is 4.61. The number of anilines is 1. The number of hydrogen-bond acceptors (Lipinski definition) is 5. The van der Waals surface area contributed by atoms with Crippen molar-refractivity contribution in [1.29, 1.82) is 0 Å². The fourth-order valence-corrected chi connectivity index (χ4v) is 3.12. The first kappa shape index (κ1) is 20.9. The van der Waals surface area contributed by atoms with Crippen molar-refractivity contribution >= 4 is 23.8 Å². The van der Waals surface area contributed by atoms with Crippen LogP contribution in [0.1, 0.15) is 27.3 Å². The van der Waals surface area contributed by atoms with Crippen LogP contribution in [0.15, 0.2) is 71.8 Å². The van der Waals surface area contributed by atoms with Crippen LogP contribution in [0.2, 0.25) is 0 Å². The van der Waals surface area contributed by atoms with Crippen LogP contribution < -0.4 is 10.4 Å². The number of esters is 1. The molecule has 3 rings (SSSR count). The van der Waals surface area contributed by atoms with Crippen LogP contribution in [0.25, 0.3) is 0 Å². The molecule has 1 N–H and O–H groups in total. The van der Waals surface area contributed by atoms with Gasteiger partial charge in [-0.1, -0.05) is 36.4 Å². The normalized spacial score (nSPS) is 10.8. The lowest BCUT2D eigenvalue weighted by Crippen LogP contribution is -2.45. The number of aromatic nitrogens is 1. The zero-order valence-electron chi connectivity index (χ0n) is 17.2. The Labute approximate surface area is 175 Å². The molecule has 0 bridgehead atoms. The molecule has 1 aromatic heterocycles. The molecule has 0 spiro atoms. The van der Waals surface area contributed by atoms with Gasteiger partial charge in [-0.05, 0) is 44.2 Å². The lowest BCUT2D eigenvalue weighted by Gasteiger charge is -2.26. The summed E-state index contributed by atoms with van der Waals surface area (Å²) in [5.41, 5.74) is 6.72. The Bertz CT molecular complexity index is 1040. The molecule has 0 aliphatic rings. The average Bonchev–Trinajstić information content (AvgIpc) is 3.05. The minimum Gasteiger partial charge on any atom is -0.468 e. The maximum Gasteiger partial charge on any atom is 0.327 e. The molecule has 0 radical (unpaired) electrons. The quantitative estimate of drug-likeness (QED) is 0.371. The van der Waals surface area contributed by atoms with Crippen LogP contribution in [0.4, 0.5) is 5.69 Å². The highest BCUT2D eigenvalue weighted by molar-refractivity contribution is 6.04. The summed E-state index contributed by atoms with van der Waals surface area (Å²) in [5.74, 6) is -0.804. The zero-order chi connectivity index (χ0) is 21.5. The lowest BCUT2D eigenvalue weighted by atomic mass is 10.2. The van der Waals surface area contributed by atoms with E-state index in [9.17, 15) is 9.59 Å². The van der Waals surface area contributed by atoms with Crippen molar-refractivity contribution in [2.75, 3.05) is 24.1 Å². The van der Waals surface area contributed by atoms with Gasteiger partial charge < -0.3 is 4.74 Å². The van der Waals surface area contributed by atoms with E-state index in [1.54, 1.807) is 35.2 Å². The number of nitrogens with zero attached hydrogens (tertiary/aromatic N) is 3. The molecule has 0 saturated heterocycles. The topological polar surface area (TPSA) is 75.9 Å². The Morgan fingerprint density at radius 2 is 1.70 bits per heavy atom. The molecule has 0 fully saturated rings. The molecular formula is C23H24N4O3. The van der Waals surface area contributed by atoms with Crippen molar-refractivity contribution < 1.29 is 14.3 Å². The number of benzene rings is 2. The van der Waals surface area contributed by atoms with E-state index in [1.807, 2.05) is 56.3 Å². The summed E-state index contributed by atoms with van der Waals surface area (Å²) in [6.45, 7) is 3.54. The number of ether oxygens (including phenoxy) is 1. The minimum atomic E-state index is -0.507. The number of hydrazone groups is 1. The molecule has 0 aliphatic carbocycles. The second kappa shape index (κ2) is 9.56. The highest BCUT2D eigenvalue weighted by Crippen LogP contribution is 2.17. The summed E-state index contributed by atoms with van der Waals surface area (Å²) in [5, 5.41) is 5.67. The first-order valence-corrected chi connectivity index (χ1v) is 9.48. The minimum absolute atomic E-state index is 0.209. The van der Waals surface area contributed by atoms with Gasteiger partial charge in [0.25, 0.3) is 5.91 Å². The zero-order valence-corrected chi connectivity index (χ0v) is 17.2. The fourth-order valence-electron chi connectivity index (χ4n) is 3.12. The molecule has 0 unspecified atom stereocenters. The number of para-hydroxylation sites is 1. The Balaban J connectivity index is 1.91. The molecular weight excluding hydrogens is 380 g/mol. The first-order valence-electron chi connectivity index (χ1n) is 9.48. The fraction of sp³-hybridized carbons (Fsp3) is 0.174. The molecule has 30 heavy (non-hydrogen) atoms. The van der Waals surface area contributed by atoms with Crippen LogP contribution in [-0.4, -0.2) is 36.4 Å². The third-order valence-corrected chi connectivity index (χ3v) is 4.61. The van der Waals surface area contributed by atoms with E-state index in [0.29, 0.717) is 5.56 Å². The molecule has 154 valence electrons. The summed E-state index contributed by atoms with van der Waals surface area (Å²) in [6, 6.07) is 20.3. The molecule has 1 amide bonds. The standard InChI is InChI=1S/C23H24N4O3/c1-17-14-20(15-24-25-21-12-8-5-9-13-21)18(2)27(17)26(16-22(28)30-3)23(29)19-10-6-4-7-11-19/h4-15,25H,16H2,1-3H3/b24-15-. The van der Waals surface area contributed by atoms with Gasteiger partial charge >= 0.3 is 5.97 Å². The van der Waals surface area contributed by atoms with Crippen LogP contribution in [-0.2, 0) is 9.53 Å². The lowest BCUT2D eigenvalue weighted by molar-refractivity contribution is -0.139. The van der Waals surface area contributed by atoms with Crippen LogP contribution >= 0.6 is 0 Å². The number of aryl methyl sites for hydroxylation is 1. The molecule has 0 aliphatic heterocycles. The van der Waals surface area contributed by atoms with Gasteiger partial charge in [0.15, 0.2) is 0 Å². The van der Waals surface area contributed by atoms with Gasteiger partial charge in [-0.25, -0.2) is 5.01 Å². The van der Waals surface area contributed by atoms with E-state index in [0.717, 1.165) is 22.6 Å². The number of methoxy groups -OCH3 is 1. The second-order valence-corrected chi connectivity index (χ2v) is 6.68. The van der Waals surface area contributed by atoms with Crippen LogP contribution in [0.5, 0.6) is 0 Å². The van der Waals surface area contributed by atoms with E-state index >= 15 is 0 Å². The largest absolute Gasteiger partial charge is 0.468 e. The van der Waals surface area contributed by atoms with Gasteiger partial charge in [-0.3, -0.25) is 19.7 Å². The van der Waals surface area contributed by atoms with Crippen molar-refractivity contribution in [3.05, 3.63) is 89.2 Å². The Morgan fingerprint density at radius 1 is 1.07 bits per heavy atom. The third kappa shape index (κ3) is 4.75. The maximum absolute atomic E-state index is 13.2. The SMILES string of the molecule is COC(=O)CN(C(=O)c1ccccc1)n1c(C)cc(/C=N\Nc2ccccc2)c1C. The number of carbonyl (C=O) groups excluding carboxylic acids is 2. The van der Waals surface area contributed by atoms with Crippen molar-refractivity contribution in [3.63, 3.8) is 0 Å². The van der Waals surface area contributed by atoms with Gasteiger partial charge in [-0.2, -0.15) is 5.10 Å². The van der Waals surface area contributed by atoms with Crippen LogP contribution in [0, 0.1) is 13.8 Å². The molecule has 0 saturated carbocycles. The van der Waals surface area contributed by atoms with Gasteiger partial charge in [0.2, 0.25) is 0 Å². The average molecular weight is 404 g/mol.